The van der Waals surface area contributed by atoms with Gasteiger partial charge in [-0.3, -0.25) is 9.69 Å². The minimum Gasteiger partial charge on any atom is -0.484 e. The number of hydrogen-bond acceptors (Lipinski definition) is 6. The summed E-state index contributed by atoms with van der Waals surface area (Å²) in [5.41, 5.74) is 2.14. The van der Waals surface area contributed by atoms with E-state index in [0.29, 0.717) is 24.5 Å². The van der Waals surface area contributed by atoms with E-state index in [0.717, 1.165) is 30.6 Å². The van der Waals surface area contributed by atoms with E-state index in [4.69, 9.17) is 13.9 Å². The van der Waals surface area contributed by atoms with Gasteiger partial charge in [-0.1, -0.05) is 30.3 Å². The molecular formula is C24H26N2O5. The fourth-order valence-electron chi connectivity index (χ4n) is 3.71. The largest absolute Gasteiger partial charge is 0.484 e. The molecule has 7 nitrogen and oxygen atoms in total. The molecule has 0 aliphatic carbocycles. The quantitative estimate of drug-likeness (QED) is 0.590. The molecule has 0 radical (unpaired) electrons. The Morgan fingerprint density at radius 1 is 1.19 bits per heavy atom. The van der Waals surface area contributed by atoms with Crippen LogP contribution in [0.25, 0.3) is 11.0 Å². The second-order valence-corrected chi connectivity index (χ2v) is 7.71. The topological polar surface area (TPSA) is 81.0 Å². The molecule has 162 valence electrons. The molecule has 1 N–H and O–H groups in total. The van der Waals surface area contributed by atoms with Crippen LogP contribution in [0.5, 0.6) is 5.75 Å². The molecule has 1 amide bonds. The highest BCUT2D eigenvalue weighted by Gasteiger charge is 2.21. The summed E-state index contributed by atoms with van der Waals surface area (Å²) < 4.78 is 16.6. The van der Waals surface area contributed by atoms with E-state index in [1.165, 1.54) is 11.6 Å². The van der Waals surface area contributed by atoms with Gasteiger partial charge < -0.3 is 19.2 Å². The van der Waals surface area contributed by atoms with Crippen molar-refractivity contribution in [2.45, 2.75) is 19.6 Å². The summed E-state index contributed by atoms with van der Waals surface area (Å²) in [5, 5.41) is 3.71. The molecule has 1 aromatic heterocycles. The number of hydrogen-bond donors (Lipinski definition) is 1. The summed E-state index contributed by atoms with van der Waals surface area (Å²) >= 11 is 0. The minimum absolute atomic E-state index is 0.0562. The molecule has 0 unspecified atom stereocenters. The predicted octanol–water partition coefficient (Wildman–Crippen LogP) is 2.50. The zero-order valence-corrected chi connectivity index (χ0v) is 17.5. The number of carbonyl (C=O) groups excluding carboxylic acids is 1. The second kappa shape index (κ2) is 9.76. The van der Waals surface area contributed by atoms with Crippen LogP contribution in [0, 0.1) is 6.92 Å². The van der Waals surface area contributed by atoms with E-state index >= 15 is 0 Å². The zero-order valence-electron chi connectivity index (χ0n) is 17.5. The number of nitrogens with one attached hydrogen (secondary N) is 1. The number of amides is 1. The maximum Gasteiger partial charge on any atom is 0.336 e. The van der Waals surface area contributed by atoms with E-state index in [-0.39, 0.29) is 18.6 Å². The Morgan fingerprint density at radius 2 is 2.03 bits per heavy atom. The van der Waals surface area contributed by atoms with Gasteiger partial charge in [-0.15, -0.1) is 0 Å². The van der Waals surface area contributed by atoms with Crippen LogP contribution in [0.15, 0.2) is 63.8 Å². The number of fused-ring (bicyclic) bond motifs is 1. The van der Waals surface area contributed by atoms with Crippen molar-refractivity contribution in [2.75, 3.05) is 32.8 Å². The van der Waals surface area contributed by atoms with Gasteiger partial charge in [0.1, 0.15) is 11.3 Å². The molecule has 1 fully saturated rings. The van der Waals surface area contributed by atoms with Crippen LogP contribution < -0.4 is 15.7 Å². The monoisotopic (exact) mass is 422 g/mol. The summed E-state index contributed by atoms with van der Waals surface area (Å²) in [6.45, 7) is 5.31. The van der Waals surface area contributed by atoms with Crippen LogP contribution in [0.2, 0.25) is 0 Å². The lowest BCUT2D eigenvalue weighted by molar-refractivity contribution is -0.124. The number of morpholine rings is 1. The van der Waals surface area contributed by atoms with Gasteiger partial charge in [-0.05, 0) is 30.2 Å². The van der Waals surface area contributed by atoms with Gasteiger partial charge in [0.05, 0.1) is 12.7 Å². The average molecular weight is 422 g/mol. The summed E-state index contributed by atoms with van der Waals surface area (Å²) in [5.74, 6) is 0.244. The Labute approximate surface area is 180 Å². The molecule has 1 aliphatic rings. The Kier molecular flexibility index (Phi) is 6.64. The molecule has 0 spiro atoms. The van der Waals surface area contributed by atoms with Crippen LogP contribution in [-0.4, -0.2) is 49.8 Å². The Bertz CT molecular complexity index is 1100. The minimum atomic E-state index is -0.409. The fraction of sp³-hybridized carbons (Fsp3) is 0.333. The van der Waals surface area contributed by atoms with Crippen molar-refractivity contribution in [3.8, 4) is 5.75 Å². The third-order valence-electron chi connectivity index (χ3n) is 5.29. The number of benzene rings is 2. The van der Waals surface area contributed by atoms with Crippen LogP contribution in [0.3, 0.4) is 0 Å². The highest BCUT2D eigenvalue weighted by molar-refractivity contribution is 5.81. The molecule has 7 heteroatoms. The van der Waals surface area contributed by atoms with Crippen molar-refractivity contribution in [1.82, 2.24) is 10.2 Å². The molecule has 2 aromatic carbocycles. The summed E-state index contributed by atoms with van der Waals surface area (Å²) in [7, 11) is 0. The number of carbonyl (C=O) groups is 1. The van der Waals surface area contributed by atoms with E-state index in [2.05, 4.69) is 22.3 Å². The van der Waals surface area contributed by atoms with Gasteiger partial charge in [0.15, 0.2) is 6.61 Å². The summed E-state index contributed by atoms with van der Waals surface area (Å²) in [4.78, 5) is 26.1. The standard InChI is InChI=1S/C24H26N2O5/c1-17-11-24(28)31-22-12-19(7-8-21(17)22)30-16-23(27)25-13-20-15-26(9-10-29-20)14-18-5-3-2-4-6-18/h2-8,11-12,20H,9-10,13-16H2,1H3,(H,25,27)/t20-/m1/s1. The number of rotatable bonds is 7. The zero-order chi connectivity index (χ0) is 21.6. The third-order valence-corrected chi connectivity index (χ3v) is 5.29. The molecule has 1 saturated heterocycles. The van der Waals surface area contributed by atoms with Crippen molar-refractivity contribution >= 4 is 16.9 Å². The van der Waals surface area contributed by atoms with Crippen molar-refractivity contribution < 1.29 is 18.7 Å². The Balaban J connectivity index is 1.24. The van der Waals surface area contributed by atoms with E-state index < -0.39 is 5.63 Å². The van der Waals surface area contributed by atoms with Gasteiger partial charge in [0, 0.05) is 43.7 Å². The average Bonchev–Trinajstić information content (AvgIpc) is 2.77. The van der Waals surface area contributed by atoms with Gasteiger partial charge in [0.2, 0.25) is 0 Å². The maximum atomic E-state index is 12.2. The van der Waals surface area contributed by atoms with E-state index in [1.54, 1.807) is 12.1 Å². The first kappa shape index (κ1) is 21.1. The molecular weight excluding hydrogens is 396 g/mol. The first-order chi connectivity index (χ1) is 15.1. The first-order valence-corrected chi connectivity index (χ1v) is 10.4. The maximum absolute atomic E-state index is 12.2. The SMILES string of the molecule is Cc1cc(=O)oc2cc(OCC(=O)NC[C@@H]3CN(Cc4ccccc4)CCO3)ccc12. The predicted molar refractivity (Wildman–Crippen MR) is 117 cm³/mol. The molecule has 2 heterocycles. The lowest BCUT2D eigenvalue weighted by atomic mass is 10.1. The van der Waals surface area contributed by atoms with Crippen molar-refractivity contribution in [2.24, 2.45) is 0 Å². The Morgan fingerprint density at radius 3 is 2.87 bits per heavy atom. The van der Waals surface area contributed by atoms with Crippen LogP contribution in [-0.2, 0) is 16.1 Å². The molecule has 31 heavy (non-hydrogen) atoms. The number of aryl methyl sites for hydroxylation is 1. The van der Waals surface area contributed by atoms with Crippen molar-refractivity contribution in [3.05, 3.63) is 76.1 Å². The van der Waals surface area contributed by atoms with Gasteiger partial charge in [0.25, 0.3) is 5.91 Å². The first-order valence-electron chi connectivity index (χ1n) is 10.4. The Hall–Kier alpha value is -3.16. The molecule has 0 bridgehead atoms. The number of nitrogens with zero attached hydrogens (tertiary/aromatic N) is 1. The summed E-state index contributed by atoms with van der Waals surface area (Å²) in [6, 6.07) is 17.0. The van der Waals surface area contributed by atoms with Crippen LogP contribution in [0.1, 0.15) is 11.1 Å². The fourth-order valence-corrected chi connectivity index (χ4v) is 3.71. The van der Waals surface area contributed by atoms with Crippen LogP contribution >= 0.6 is 0 Å². The number of ether oxygens (including phenoxy) is 2. The summed E-state index contributed by atoms with van der Waals surface area (Å²) in [6.07, 6.45) is -0.0562. The molecule has 4 rings (SSSR count). The third kappa shape index (κ3) is 5.71. The van der Waals surface area contributed by atoms with Crippen molar-refractivity contribution in [3.63, 3.8) is 0 Å². The lowest BCUT2D eigenvalue weighted by Gasteiger charge is -2.33. The van der Waals surface area contributed by atoms with Gasteiger partial charge >= 0.3 is 5.63 Å². The van der Waals surface area contributed by atoms with Crippen molar-refractivity contribution in [1.29, 1.82) is 0 Å². The highest BCUT2D eigenvalue weighted by atomic mass is 16.5. The van der Waals surface area contributed by atoms with E-state index in [9.17, 15) is 9.59 Å². The normalized spacial score (nSPS) is 16.9. The molecule has 0 saturated carbocycles. The smallest absolute Gasteiger partial charge is 0.336 e. The lowest BCUT2D eigenvalue weighted by Crippen LogP contribution is -2.47. The molecule has 1 aliphatic heterocycles. The molecule has 3 aromatic rings. The highest BCUT2D eigenvalue weighted by Crippen LogP contribution is 2.22. The second-order valence-electron chi connectivity index (χ2n) is 7.71. The van der Waals surface area contributed by atoms with Crippen LogP contribution in [0.4, 0.5) is 0 Å². The molecule has 1 atom stereocenters. The van der Waals surface area contributed by atoms with E-state index in [1.807, 2.05) is 31.2 Å². The van der Waals surface area contributed by atoms with Gasteiger partial charge in [-0.25, -0.2) is 4.79 Å². The van der Waals surface area contributed by atoms with Gasteiger partial charge in [-0.2, -0.15) is 0 Å².